The molecule has 4 rings (SSSR count). The van der Waals surface area contributed by atoms with Crippen LogP contribution in [0.3, 0.4) is 0 Å². The summed E-state index contributed by atoms with van der Waals surface area (Å²) in [5.41, 5.74) is -0.195. The van der Waals surface area contributed by atoms with Gasteiger partial charge in [0.2, 0.25) is 4.33 Å². The maximum atomic E-state index is 13.5. The first-order valence-corrected chi connectivity index (χ1v) is 11.7. The Labute approximate surface area is 208 Å². The number of nitrogens with zero attached hydrogens (tertiary/aromatic N) is 2. The fraction of sp³-hybridized carbons (Fsp3) is 0.417. The van der Waals surface area contributed by atoms with Crippen molar-refractivity contribution in [2.24, 2.45) is 0 Å². The van der Waals surface area contributed by atoms with Gasteiger partial charge in [0.05, 0.1) is 24.7 Å². The molecule has 176 valence electrons. The van der Waals surface area contributed by atoms with E-state index in [9.17, 15) is 9.59 Å². The highest BCUT2D eigenvalue weighted by Crippen LogP contribution is 2.61. The van der Waals surface area contributed by atoms with Gasteiger partial charge >= 0.3 is 6.09 Å². The van der Waals surface area contributed by atoms with Gasteiger partial charge in [0.15, 0.2) is 0 Å². The van der Waals surface area contributed by atoms with E-state index < -0.39 is 32.9 Å². The van der Waals surface area contributed by atoms with Gasteiger partial charge in [0, 0.05) is 6.54 Å². The van der Waals surface area contributed by atoms with Gasteiger partial charge in [-0.05, 0) is 50.1 Å². The van der Waals surface area contributed by atoms with Crippen LogP contribution in [0.15, 0.2) is 48.5 Å². The van der Waals surface area contributed by atoms with E-state index in [2.05, 4.69) is 0 Å². The zero-order valence-corrected chi connectivity index (χ0v) is 21.0. The Morgan fingerprint density at radius 1 is 1.12 bits per heavy atom. The van der Waals surface area contributed by atoms with E-state index in [0.717, 1.165) is 5.56 Å². The fourth-order valence-corrected chi connectivity index (χ4v) is 5.81. The molecule has 0 saturated carbocycles. The second-order valence-electron chi connectivity index (χ2n) is 9.25. The van der Waals surface area contributed by atoms with Gasteiger partial charge < -0.3 is 14.4 Å². The van der Waals surface area contributed by atoms with E-state index in [0.29, 0.717) is 17.0 Å². The molecule has 0 N–H and O–H groups in total. The van der Waals surface area contributed by atoms with Crippen molar-refractivity contribution in [3.63, 3.8) is 0 Å². The van der Waals surface area contributed by atoms with Gasteiger partial charge in [-0.2, -0.15) is 0 Å². The topological polar surface area (TPSA) is 59.1 Å². The fourth-order valence-electron chi connectivity index (χ4n) is 4.44. The highest BCUT2D eigenvalue weighted by Gasteiger charge is 2.73. The SMILES string of the molecule is COc1ccc(CN2CC3(C(Cl)c4ccccc4N3C(=O)OC(C)(C)C)C(Cl)(Cl)C2=O)cc1. The molecule has 33 heavy (non-hydrogen) atoms. The number of halogens is 3. The van der Waals surface area contributed by atoms with Crippen LogP contribution in [0, 0.1) is 0 Å². The van der Waals surface area contributed by atoms with Crippen molar-refractivity contribution in [3.05, 3.63) is 59.7 Å². The monoisotopic (exact) mass is 510 g/mol. The zero-order valence-electron chi connectivity index (χ0n) is 18.8. The smallest absolute Gasteiger partial charge is 0.415 e. The molecule has 2 unspecified atom stereocenters. The van der Waals surface area contributed by atoms with Crippen molar-refractivity contribution in [2.75, 3.05) is 18.6 Å². The minimum Gasteiger partial charge on any atom is -0.497 e. The highest BCUT2D eigenvalue weighted by molar-refractivity contribution is 6.60. The summed E-state index contributed by atoms with van der Waals surface area (Å²) >= 11 is 20.6. The van der Waals surface area contributed by atoms with E-state index >= 15 is 0 Å². The summed E-state index contributed by atoms with van der Waals surface area (Å²) in [7, 11) is 1.59. The first kappa shape index (κ1) is 24.0. The molecule has 1 fully saturated rings. The predicted octanol–water partition coefficient (Wildman–Crippen LogP) is 5.69. The minimum atomic E-state index is -2.00. The Kier molecular flexibility index (Phi) is 6.00. The summed E-state index contributed by atoms with van der Waals surface area (Å²) in [6.45, 7) is 5.58. The number of alkyl halides is 3. The Hall–Kier alpha value is -2.15. The number of carbonyl (C=O) groups excluding carboxylic acids is 2. The lowest BCUT2D eigenvalue weighted by molar-refractivity contribution is -0.128. The van der Waals surface area contributed by atoms with Crippen LogP contribution in [0.4, 0.5) is 10.5 Å². The first-order valence-electron chi connectivity index (χ1n) is 10.5. The summed E-state index contributed by atoms with van der Waals surface area (Å²) in [5.74, 6) is 0.184. The number of likely N-dealkylation sites (tertiary alicyclic amines) is 1. The number of hydrogen-bond donors (Lipinski definition) is 0. The first-order chi connectivity index (χ1) is 15.4. The molecule has 2 aliphatic heterocycles. The molecular weight excluding hydrogens is 487 g/mol. The summed E-state index contributed by atoms with van der Waals surface area (Å²) < 4.78 is 8.89. The van der Waals surface area contributed by atoms with Crippen LogP contribution >= 0.6 is 34.8 Å². The maximum Gasteiger partial charge on any atom is 0.415 e. The van der Waals surface area contributed by atoms with Gasteiger partial charge in [0.1, 0.15) is 16.9 Å². The number of hydrogen-bond acceptors (Lipinski definition) is 4. The van der Waals surface area contributed by atoms with Crippen molar-refractivity contribution in [2.45, 2.75) is 48.2 Å². The molecule has 2 amide bonds. The molecule has 2 heterocycles. The third-order valence-corrected chi connectivity index (χ3v) is 7.48. The number of methoxy groups -OCH3 is 1. The molecule has 0 bridgehead atoms. The summed E-state index contributed by atoms with van der Waals surface area (Å²) in [6.07, 6.45) is -0.664. The second kappa shape index (κ2) is 8.26. The van der Waals surface area contributed by atoms with Gasteiger partial charge in [-0.15, -0.1) is 11.6 Å². The number of fused-ring (bicyclic) bond motifs is 1. The molecule has 9 heteroatoms. The van der Waals surface area contributed by atoms with E-state index in [1.807, 2.05) is 30.3 Å². The van der Waals surface area contributed by atoms with Crippen LogP contribution in [-0.2, 0) is 16.1 Å². The van der Waals surface area contributed by atoms with Crippen LogP contribution in [0.1, 0.15) is 37.3 Å². The van der Waals surface area contributed by atoms with Gasteiger partial charge in [-0.1, -0.05) is 53.5 Å². The molecule has 2 aromatic rings. The van der Waals surface area contributed by atoms with E-state index in [1.54, 1.807) is 46.1 Å². The van der Waals surface area contributed by atoms with Gasteiger partial charge in [-0.25, -0.2) is 4.79 Å². The number of anilines is 1. The van der Waals surface area contributed by atoms with Gasteiger partial charge in [-0.3, -0.25) is 9.69 Å². The number of para-hydroxylation sites is 1. The summed E-state index contributed by atoms with van der Waals surface area (Å²) in [5, 5.41) is -0.832. The van der Waals surface area contributed by atoms with Crippen LogP contribution in [0.2, 0.25) is 0 Å². The Morgan fingerprint density at radius 2 is 1.76 bits per heavy atom. The zero-order chi connectivity index (χ0) is 24.2. The molecule has 2 aliphatic rings. The number of benzene rings is 2. The molecular formula is C24H25Cl3N2O4. The van der Waals surface area contributed by atoms with Crippen molar-refractivity contribution < 1.29 is 19.1 Å². The average molecular weight is 512 g/mol. The molecule has 0 aromatic heterocycles. The van der Waals surface area contributed by atoms with Crippen LogP contribution in [0.25, 0.3) is 0 Å². The third kappa shape index (κ3) is 3.82. The van der Waals surface area contributed by atoms with Crippen LogP contribution in [0.5, 0.6) is 5.75 Å². The lowest BCUT2D eigenvalue weighted by atomic mass is 9.91. The molecule has 1 saturated heterocycles. The van der Waals surface area contributed by atoms with Gasteiger partial charge in [0.25, 0.3) is 5.91 Å². The Balaban J connectivity index is 1.77. The van der Waals surface area contributed by atoms with Crippen LogP contribution in [-0.4, -0.2) is 46.0 Å². The van der Waals surface area contributed by atoms with E-state index in [-0.39, 0.29) is 13.1 Å². The van der Waals surface area contributed by atoms with Crippen molar-refractivity contribution >= 4 is 52.5 Å². The number of ether oxygens (including phenoxy) is 2. The third-order valence-electron chi connectivity index (χ3n) is 5.91. The molecule has 1 spiro atoms. The number of amides is 2. The number of carbonyl (C=O) groups is 2. The minimum absolute atomic E-state index is 0.0347. The maximum absolute atomic E-state index is 13.5. The predicted molar refractivity (Wildman–Crippen MR) is 129 cm³/mol. The molecule has 0 aliphatic carbocycles. The molecule has 6 nitrogen and oxygen atoms in total. The van der Waals surface area contributed by atoms with Crippen molar-refractivity contribution in [1.29, 1.82) is 0 Å². The number of rotatable bonds is 3. The summed E-state index contributed by atoms with van der Waals surface area (Å²) in [4.78, 5) is 29.8. The molecule has 2 atom stereocenters. The lowest BCUT2D eigenvalue weighted by Crippen LogP contribution is -2.62. The Morgan fingerprint density at radius 3 is 2.36 bits per heavy atom. The average Bonchev–Trinajstić information content (AvgIpc) is 3.11. The molecule has 0 radical (unpaired) electrons. The standard InChI is InChI=1S/C24H25Cl3N2O4/c1-22(2,3)33-21(31)29-18-8-6-5-7-17(18)19(25)23(29)14-28(20(30)24(23,26)27)13-15-9-11-16(32-4)12-10-15/h5-12,19H,13-14H2,1-4H3. The van der Waals surface area contributed by atoms with Crippen molar-refractivity contribution in [3.8, 4) is 5.75 Å². The van der Waals surface area contributed by atoms with E-state index in [1.165, 1.54) is 9.80 Å². The van der Waals surface area contributed by atoms with E-state index in [4.69, 9.17) is 44.3 Å². The lowest BCUT2D eigenvalue weighted by Gasteiger charge is -2.41. The Bertz CT molecular complexity index is 1080. The highest BCUT2D eigenvalue weighted by atomic mass is 35.5. The second-order valence-corrected chi connectivity index (χ2v) is 11.0. The largest absolute Gasteiger partial charge is 0.497 e. The van der Waals surface area contributed by atoms with Crippen LogP contribution < -0.4 is 9.64 Å². The normalized spacial score (nSPS) is 23.7. The van der Waals surface area contributed by atoms with Crippen molar-refractivity contribution in [1.82, 2.24) is 4.90 Å². The summed E-state index contributed by atoms with van der Waals surface area (Å²) in [6, 6.07) is 14.5. The quantitative estimate of drug-likeness (QED) is 0.497. The molecule has 2 aromatic carbocycles.